The zero-order valence-corrected chi connectivity index (χ0v) is 12.9. The molecule has 6 heteroatoms. The normalized spacial score (nSPS) is 12.2. The van der Waals surface area contributed by atoms with E-state index < -0.39 is 11.9 Å². The number of H-pyrrole nitrogens is 1. The second-order valence-corrected chi connectivity index (χ2v) is 6.07. The first kappa shape index (κ1) is 15.6. The van der Waals surface area contributed by atoms with Crippen molar-refractivity contribution in [2.75, 3.05) is 5.32 Å². The van der Waals surface area contributed by atoms with Crippen LogP contribution in [0.15, 0.2) is 42.2 Å². The number of carbonyl (C=O) groups excluding carboxylic acids is 2. The lowest BCUT2D eigenvalue weighted by Crippen LogP contribution is -2.34. The summed E-state index contributed by atoms with van der Waals surface area (Å²) in [4.78, 5) is 26.6. The summed E-state index contributed by atoms with van der Waals surface area (Å²) in [6.45, 7) is 5.66. The first-order chi connectivity index (χ1) is 10.3. The molecular formula is C16H20N4O2. The summed E-state index contributed by atoms with van der Waals surface area (Å²) < 4.78 is 0. The van der Waals surface area contributed by atoms with E-state index in [1.165, 1.54) is 6.08 Å². The number of fused-ring (bicyclic) bond motifs is 1. The van der Waals surface area contributed by atoms with Crippen molar-refractivity contribution in [3.63, 3.8) is 0 Å². The van der Waals surface area contributed by atoms with E-state index in [1.54, 1.807) is 12.1 Å². The summed E-state index contributed by atoms with van der Waals surface area (Å²) in [6.07, 6.45) is 3.05. The zero-order chi connectivity index (χ0) is 16.3. The van der Waals surface area contributed by atoms with Crippen LogP contribution in [-0.4, -0.2) is 16.9 Å². The predicted octanol–water partition coefficient (Wildman–Crippen LogP) is 2.70. The van der Waals surface area contributed by atoms with Crippen molar-refractivity contribution < 1.29 is 9.59 Å². The maximum atomic E-state index is 11.8. The van der Waals surface area contributed by atoms with Crippen LogP contribution in [0, 0.1) is 5.41 Å². The van der Waals surface area contributed by atoms with Gasteiger partial charge in [0.15, 0.2) is 0 Å². The van der Waals surface area contributed by atoms with Crippen molar-refractivity contribution in [2.45, 2.75) is 20.8 Å². The molecule has 0 saturated heterocycles. The van der Waals surface area contributed by atoms with Gasteiger partial charge in [-0.2, -0.15) is 0 Å². The van der Waals surface area contributed by atoms with E-state index in [0.29, 0.717) is 11.4 Å². The third-order valence-corrected chi connectivity index (χ3v) is 3.20. The Morgan fingerprint density at radius 1 is 1.23 bits per heavy atom. The molecule has 116 valence electrons. The number of hydrogen-bond donors (Lipinski definition) is 4. The third-order valence-electron chi connectivity index (χ3n) is 3.20. The molecule has 22 heavy (non-hydrogen) atoms. The van der Waals surface area contributed by atoms with Crippen molar-refractivity contribution in [1.82, 2.24) is 10.3 Å². The molecule has 0 bridgehead atoms. The third kappa shape index (κ3) is 3.88. The number of nitrogens with one attached hydrogen (secondary N) is 3. The quantitative estimate of drug-likeness (QED) is 0.641. The van der Waals surface area contributed by atoms with Gasteiger partial charge in [-0.25, -0.2) is 4.79 Å². The molecule has 0 aliphatic carbocycles. The van der Waals surface area contributed by atoms with Crippen LogP contribution in [0.5, 0.6) is 0 Å². The molecule has 0 aliphatic rings. The second-order valence-electron chi connectivity index (χ2n) is 6.07. The summed E-state index contributed by atoms with van der Waals surface area (Å²) in [6, 6.07) is 6.76. The van der Waals surface area contributed by atoms with Gasteiger partial charge in [-0.1, -0.05) is 26.8 Å². The number of anilines is 1. The fourth-order valence-corrected chi connectivity index (χ4v) is 1.79. The second kappa shape index (κ2) is 5.93. The maximum absolute atomic E-state index is 11.8. The van der Waals surface area contributed by atoms with Gasteiger partial charge in [-0.3, -0.25) is 10.1 Å². The van der Waals surface area contributed by atoms with Crippen LogP contribution in [-0.2, 0) is 4.79 Å². The fraction of sp³-hybridized carbons (Fsp3) is 0.250. The molecule has 0 radical (unpaired) electrons. The number of amides is 3. The van der Waals surface area contributed by atoms with Crippen molar-refractivity contribution >= 4 is 28.5 Å². The molecule has 0 aliphatic heterocycles. The highest BCUT2D eigenvalue weighted by Gasteiger charge is 2.15. The molecule has 0 atom stereocenters. The van der Waals surface area contributed by atoms with Crippen LogP contribution in [0.2, 0.25) is 0 Å². The number of rotatable bonds is 2. The number of benzene rings is 1. The maximum Gasteiger partial charge on any atom is 0.326 e. The molecular weight excluding hydrogens is 280 g/mol. The van der Waals surface area contributed by atoms with Crippen molar-refractivity contribution in [3.8, 4) is 0 Å². The molecule has 2 rings (SSSR count). The smallest absolute Gasteiger partial charge is 0.326 e. The lowest BCUT2D eigenvalue weighted by Gasteiger charge is -2.18. The summed E-state index contributed by atoms with van der Waals surface area (Å²) in [7, 11) is 0. The molecule has 3 amide bonds. The monoisotopic (exact) mass is 300 g/mol. The van der Waals surface area contributed by atoms with Crippen LogP contribution in [0.25, 0.3) is 10.9 Å². The molecule has 1 heterocycles. The first-order valence-electron chi connectivity index (χ1n) is 6.92. The topological polar surface area (TPSA) is 100 Å². The number of aromatic nitrogens is 1. The van der Waals surface area contributed by atoms with Gasteiger partial charge in [0.25, 0.3) is 5.91 Å². The van der Waals surface area contributed by atoms with Crippen LogP contribution < -0.4 is 16.4 Å². The number of aromatic amines is 1. The number of nitrogens with two attached hydrogens (primary N) is 1. The number of allylic oxidation sites excluding steroid dienone is 1. The molecule has 0 saturated carbocycles. The van der Waals surface area contributed by atoms with Gasteiger partial charge < -0.3 is 16.0 Å². The Morgan fingerprint density at radius 3 is 2.64 bits per heavy atom. The molecule has 0 fully saturated rings. The molecule has 2 aromatic rings. The average molecular weight is 300 g/mol. The van der Waals surface area contributed by atoms with Crippen LogP contribution in [0.3, 0.4) is 0 Å². The molecule has 1 aromatic heterocycles. The average Bonchev–Trinajstić information content (AvgIpc) is 2.84. The molecule has 5 N–H and O–H groups in total. The van der Waals surface area contributed by atoms with Gasteiger partial charge in [0.05, 0.1) is 0 Å². The summed E-state index contributed by atoms with van der Waals surface area (Å²) >= 11 is 0. The fourth-order valence-electron chi connectivity index (χ4n) is 1.79. The van der Waals surface area contributed by atoms with E-state index in [4.69, 9.17) is 5.73 Å². The van der Waals surface area contributed by atoms with Crippen LogP contribution in [0.1, 0.15) is 20.8 Å². The van der Waals surface area contributed by atoms with Crippen LogP contribution in [0.4, 0.5) is 10.5 Å². The number of carbonyl (C=O) groups is 2. The Bertz CT molecular complexity index is 738. The van der Waals surface area contributed by atoms with E-state index in [2.05, 4.69) is 15.6 Å². The Hall–Kier alpha value is -2.76. The van der Waals surface area contributed by atoms with Gasteiger partial charge in [0.1, 0.15) is 0 Å². The first-order valence-corrected chi connectivity index (χ1v) is 6.92. The highest BCUT2D eigenvalue weighted by atomic mass is 16.2. The molecule has 0 unspecified atom stereocenters. The van der Waals surface area contributed by atoms with E-state index in [9.17, 15) is 9.59 Å². The molecule has 0 spiro atoms. The number of urea groups is 1. The van der Waals surface area contributed by atoms with E-state index in [0.717, 1.165) is 10.9 Å². The lowest BCUT2D eigenvalue weighted by molar-refractivity contribution is -0.115. The Labute approximate surface area is 128 Å². The summed E-state index contributed by atoms with van der Waals surface area (Å²) in [5.74, 6) is -0.550. The highest BCUT2D eigenvalue weighted by Crippen LogP contribution is 2.20. The zero-order valence-electron chi connectivity index (χ0n) is 12.9. The van der Waals surface area contributed by atoms with Gasteiger partial charge >= 0.3 is 6.03 Å². The number of imide groups is 1. The largest absolute Gasteiger partial charge is 0.401 e. The number of hydrogen-bond acceptors (Lipinski definition) is 3. The van der Waals surface area contributed by atoms with Crippen molar-refractivity contribution in [2.24, 2.45) is 11.1 Å². The van der Waals surface area contributed by atoms with Gasteiger partial charge in [0, 0.05) is 34.6 Å². The van der Waals surface area contributed by atoms with Gasteiger partial charge in [0.2, 0.25) is 0 Å². The summed E-state index contributed by atoms with van der Waals surface area (Å²) in [5, 5.41) is 5.87. The minimum Gasteiger partial charge on any atom is -0.401 e. The highest BCUT2D eigenvalue weighted by molar-refractivity contribution is 6.05. The SMILES string of the molecule is CC(C)(C)/C(N)=C/C(=O)NC(=O)Nc1ccc2cc[nH]c2c1. The Balaban J connectivity index is 1.99. The Kier molecular flexibility index (Phi) is 4.21. The van der Waals surface area contributed by atoms with Gasteiger partial charge in [-0.15, -0.1) is 0 Å². The lowest BCUT2D eigenvalue weighted by atomic mass is 9.92. The summed E-state index contributed by atoms with van der Waals surface area (Å²) in [5.41, 5.74) is 7.37. The standard InChI is InChI=1S/C16H20N4O2/c1-16(2,3)13(17)9-14(21)20-15(22)19-11-5-4-10-6-7-18-12(10)8-11/h4-9,18H,17H2,1-3H3,(H2,19,20,21,22)/b13-9-. The van der Waals surface area contributed by atoms with E-state index >= 15 is 0 Å². The minimum absolute atomic E-state index is 0.327. The van der Waals surface area contributed by atoms with Crippen molar-refractivity contribution in [1.29, 1.82) is 0 Å². The van der Waals surface area contributed by atoms with E-state index in [-0.39, 0.29) is 5.41 Å². The molecule has 1 aromatic carbocycles. The van der Waals surface area contributed by atoms with E-state index in [1.807, 2.05) is 39.1 Å². The minimum atomic E-state index is -0.603. The van der Waals surface area contributed by atoms with Crippen molar-refractivity contribution in [3.05, 3.63) is 42.2 Å². The van der Waals surface area contributed by atoms with Crippen LogP contribution >= 0.6 is 0 Å². The van der Waals surface area contributed by atoms with Gasteiger partial charge in [-0.05, 0) is 23.6 Å². The molecule has 6 nitrogen and oxygen atoms in total. The predicted molar refractivity (Wildman–Crippen MR) is 87.2 cm³/mol. The Morgan fingerprint density at radius 2 is 1.95 bits per heavy atom.